The summed E-state index contributed by atoms with van der Waals surface area (Å²) in [5.41, 5.74) is 5.23. The van der Waals surface area contributed by atoms with Gasteiger partial charge >= 0.3 is 0 Å². The smallest absolute Gasteiger partial charge is 0.231 e. The van der Waals surface area contributed by atoms with Crippen molar-refractivity contribution in [2.24, 2.45) is 5.84 Å². The Kier molecular flexibility index (Phi) is 3.23. The first-order chi connectivity index (χ1) is 9.60. The van der Waals surface area contributed by atoms with Gasteiger partial charge < -0.3 is 14.9 Å². The van der Waals surface area contributed by atoms with E-state index in [1.165, 1.54) is 0 Å². The molecule has 6 nitrogen and oxygen atoms in total. The van der Waals surface area contributed by atoms with Crippen molar-refractivity contribution in [3.8, 4) is 22.9 Å². The molecule has 0 saturated heterocycles. The molecule has 1 aliphatic heterocycles. The highest BCUT2D eigenvalue weighted by atomic mass is 79.9. The summed E-state index contributed by atoms with van der Waals surface area (Å²) >= 11 is 3.46. The summed E-state index contributed by atoms with van der Waals surface area (Å²) in [6.45, 7) is 4.06. The molecule has 0 bridgehead atoms. The average Bonchev–Trinajstić information content (AvgIpc) is 2.90. The van der Waals surface area contributed by atoms with Gasteiger partial charge in [-0.15, -0.1) is 0 Å². The van der Waals surface area contributed by atoms with Crippen LogP contribution in [0.3, 0.4) is 0 Å². The Balaban J connectivity index is 2.14. The summed E-state index contributed by atoms with van der Waals surface area (Å²) in [7, 11) is 0. The monoisotopic (exact) mass is 336 g/mol. The molecular weight excluding hydrogens is 324 g/mol. The number of hydrazine groups is 1. The molecule has 0 unspecified atom stereocenters. The van der Waals surface area contributed by atoms with Crippen molar-refractivity contribution >= 4 is 21.7 Å². The lowest BCUT2D eigenvalue weighted by atomic mass is 10.1. The zero-order valence-electron chi connectivity index (χ0n) is 11.0. The minimum Gasteiger partial charge on any atom is -0.454 e. The van der Waals surface area contributed by atoms with Crippen molar-refractivity contribution in [2.75, 3.05) is 12.2 Å². The Bertz CT molecular complexity index is 682. The lowest BCUT2D eigenvalue weighted by Crippen LogP contribution is -2.12. The first kappa shape index (κ1) is 13.1. The van der Waals surface area contributed by atoms with Gasteiger partial charge in [0.1, 0.15) is 5.82 Å². The van der Waals surface area contributed by atoms with E-state index in [4.69, 9.17) is 15.3 Å². The van der Waals surface area contributed by atoms with Crippen molar-refractivity contribution in [3.63, 3.8) is 0 Å². The number of nitrogens with one attached hydrogen (secondary N) is 1. The number of aromatic nitrogens is 2. The van der Waals surface area contributed by atoms with Gasteiger partial charge in [0.05, 0.1) is 4.47 Å². The number of nitrogens with two attached hydrogens (primary N) is 1. The number of rotatable bonds is 2. The van der Waals surface area contributed by atoms with Crippen LogP contribution in [0.1, 0.15) is 11.3 Å². The maximum atomic E-state index is 5.49. The van der Waals surface area contributed by atoms with Gasteiger partial charge in [-0.3, -0.25) is 0 Å². The van der Waals surface area contributed by atoms with Gasteiger partial charge in [0.15, 0.2) is 17.3 Å². The molecule has 1 aromatic carbocycles. The quantitative estimate of drug-likeness (QED) is 0.647. The molecule has 1 aromatic heterocycles. The fraction of sp³-hybridized carbons (Fsp3) is 0.231. The van der Waals surface area contributed by atoms with Crippen molar-refractivity contribution in [2.45, 2.75) is 13.8 Å². The summed E-state index contributed by atoms with van der Waals surface area (Å²) in [4.78, 5) is 8.92. The van der Waals surface area contributed by atoms with Crippen LogP contribution in [0.2, 0.25) is 0 Å². The second-order valence-corrected chi connectivity index (χ2v) is 5.30. The summed E-state index contributed by atoms with van der Waals surface area (Å²) < 4.78 is 11.6. The van der Waals surface area contributed by atoms with Crippen LogP contribution in [0.15, 0.2) is 16.6 Å². The lowest BCUT2D eigenvalue weighted by Gasteiger charge is -2.10. The highest BCUT2D eigenvalue weighted by Crippen LogP contribution is 2.42. The van der Waals surface area contributed by atoms with Crippen molar-refractivity contribution < 1.29 is 9.47 Å². The minimum atomic E-state index is 0.223. The fourth-order valence-corrected chi connectivity index (χ4v) is 2.55. The fourth-order valence-electron chi connectivity index (χ4n) is 1.99. The Labute approximate surface area is 124 Å². The molecule has 0 aliphatic carbocycles. The molecule has 104 valence electrons. The summed E-state index contributed by atoms with van der Waals surface area (Å²) in [5.74, 6) is 8.07. The van der Waals surface area contributed by atoms with Crippen LogP contribution in [0.4, 0.5) is 5.82 Å². The summed E-state index contributed by atoms with van der Waals surface area (Å²) in [6.07, 6.45) is 0. The molecule has 2 aromatic rings. The molecule has 3 N–H and O–H groups in total. The van der Waals surface area contributed by atoms with Gasteiger partial charge in [0.2, 0.25) is 6.79 Å². The maximum Gasteiger partial charge on any atom is 0.231 e. The highest BCUT2D eigenvalue weighted by molar-refractivity contribution is 9.10. The van der Waals surface area contributed by atoms with Gasteiger partial charge in [-0.2, -0.15) is 0 Å². The minimum absolute atomic E-state index is 0.223. The predicted molar refractivity (Wildman–Crippen MR) is 78.6 cm³/mol. The van der Waals surface area contributed by atoms with Crippen molar-refractivity contribution in [1.82, 2.24) is 9.97 Å². The number of hydrogen-bond acceptors (Lipinski definition) is 6. The SMILES string of the molecule is Cc1nc(-c2cc(Br)c3c(c2)OCO3)nc(NN)c1C. The van der Waals surface area contributed by atoms with Crippen LogP contribution < -0.4 is 20.7 Å². The summed E-state index contributed by atoms with van der Waals surface area (Å²) in [5, 5.41) is 0. The van der Waals surface area contributed by atoms with Crippen LogP contribution in [0.25, 0.3) is 11.4 Å². The molecule has 2 heterocycles. The van der Waals surface area contributed by atoms with E-state index in [1.54, 1.807) is 0 Å². The normalized spacial score (nSPS) is 12.6. The van der Waals surface area contributed by atoms with E-state index in [-0.39, 0.29) is 6.79 Å². The number of halogens is 1. The maximum absolute atomic E-state index is 5.49. The highest BCUT2D eigenvalue weighted by Gasteiger charge is 2.20. The third-order valence-corrected chi connectivity index (χ3v) is 3.80. The standard InChI is InChI=1S/C13H13BrN4O2/c1-6-7(2)16-13(17-12(6)18-15)8-3-9(14)11-10(4-8)19-5-20-11/h3-4H,5,15H2,1-2H3,(H,16,17,18). The van der Waals surface area contributed by atoms with E-state index in [0.717, 1.165) is 21.3 Å². The number of benzene rings is 1. The Hall–Kier alpha value is -1.86. The topological polar surface area (TPSA) is 82.3 Å². The molecule has 20 heavy (non-hydrogen) atoms. The van der Waals surface area contributed by atoms with E-state index in [9.17, 15) is 0 Å². The molecule has 0 fully saturated rings. The molecule has 1 aliphatic rings. The van der Waals surface area contributed by atoms with Crippen LogP contribution in [0, 0.1) is 13.8 Å². The molecule has 3 rings (SSSR count). The van der Waals surface area contributed by atoms with Gasteiger partial charge in [-0.05, 0) is 41.9 Å². The molecular formula is C13H13BrN4O2. The van der Waals surface area contributed by atoms with Crippen LogP contribution in [-0.2, 0) is 0 Å². The molecule has 0 atom stereocenters. The molecule has 7 heteroatoms. The molecule has 0 spiro atoms. The zero-order valence-corrected chi connectivity index (χ0v) is 12.6. The third-order valence-electron chi connectivity index (χ3n) is 3.21. The molecule has 0 saturated carbocycles. The van der Waals surface area contributed by atoms with Gasteiger partial charge in [0.25, 0.3) is 0 Å². The first-order valence-corrected chi connectivity index (χ1v) is 6.81. The van der Waals surface area contributed by atoms with E-state index in [2.05, 4.69) is 31.3 Å². The summed E-state index contributed by atoms with van der Waals surface area (Å²) in [6, 6.07) is 3.76. The van der Waals surface area contributed by atoms with Gasteiger partial charge in [-0.25, -0.2) is 15.8 Å². The molecule has 0 amide bonds. The number of hydrogen-bond donors (Lipinski definition) is 2. The number of nitrogens with zero attached hydrogens (tertiary/aromatic N) is 2. The Morgan fingerprint density at radius 3 is 2.80 bits per heavy atom. The zero-order chi connectivity index (χ0) is 14.3. The van der Waals surface area contributed by atoms with Gasteiger partial charge in [0, 0.05) is 16.8 Å². The van der Waals surface area contributed by atoms with E-state index < -0.39 is 0 Å². The van der Waals surface area contributed by atoms with E-state index in [1.807, 2.05) is 26.0 Å². The number of anilines is 1. The largest absolute Gasteiger partial charge is 0.454 e. The second kappa shape index (κ2) is 4.92. The van der Waals surface area contributed by atoms with Crippen molar-refractivity contribution in [3.05, 3.63) is 27.9 Å². The third kappa shape index (κ3) is 2.08. The predicted octanol–water partition coefficient (Wildman–Crippen LogP) is 2.54. The van der Waals surface area contributed by atoms with Crippen molar-refractivity contribution in [1.29, 1.82) is 0 Å². The Morgan fingerprint density at radius 2 is 2.05 bits per heavy atom. The lowest BCUT2D eigenvalue weighted by molar-refractivity contribution is 0.173. The second-order valence-electron chi connectivity index (χ2n) is 4.44. The number of nitrogen functional groups attached to an aromatic ring is 1. The first-order valence-electron chi connectivity index (χ1n) is 6.01. The van der Waals surface area contributed by atoms with Crippen LogP contribution in [0.5, 0.6) is 11.5 Å². The number of ether oxygens (including phenoxy) is 2. The van der Waals surface area contributed by atoms with Crippen LogP contribution >= 0.6 is 15.9 Å². The number of aryl methyl sites for hydroxylation is 1. The van der Waals surface area contributed by atoms with E-state index >= 15 is 0 Å². The average molecular weight is 337 g/mol. The van der Waals surface area contributed by atoms with Crippen LogP contribution in [-0.4, -0.2) is 16.8 Å². The Morgan fingerprint density at radius 1 is 1.25 bits per heavy atom. The number of fused-ring (bicyclic) bond motifs is 1. The van der Waals surface area contributed by atoms with E-state index in [0.29, 0.717) is 23.1 Å². The van der Waals surface area contributed by atoms with Gasteiger partial charge in [-0.1, -0.05) is 0 Å². The molecule has 0 radical (unpaired) electrons.